The maximum Gasteiger partial charge on any atom is 0.255 e. The van der Waals surface area contributed by atoms with E-state index in [9.17, 15) is 24.4 Å². The number of hydrogen-bond donors (Lipinski definition) is 2. The van der Waals surface area contributed by atoms with Crippen molar-refractivity contribution in [2.75, 3.05) is 55.6 Å². The van der Waals surface area contributed by atoms with Gasteiger partial charge in [0.2, 0.25) is 11.8 Å². The number of halogens is 2. The molecule has 2 unspecified atom stereocenters. The van der Waals surface area contributed by atoms with Crippen LogP contribution in [0.15, 0.2) is 59.8 Å². The van der Waals surface area contributed by atoms with E-state index >= 15 is 4.39 Å². The van der Waals surface area contributed by atoms with E-state index in [4.69, 9.17) is 11.6 Å². The number of carbonyl (C=O) groups is 4. The second-order valence-corrected chi connectivity index (χ2v) is 17.9. The molecule has 5 fully saturated rings. The first-order valence-electron chi connectivity index (χ1n) is 19.8. The van der Waals surface area contributed by atoms with Gasteiger partial charge in [-0.05, 0) is 112 Å². The quantitative estimate of drug-likeness (QED) is 0.290. The van der Waals surface area contributed by atoms with Crippen LogP contribution in [0.3, 0.4) is 0 Å². The van der Waals surface area contributed by atoms with Gasteiger partial charge in [0.15, 0.2) is 0 Å². The third-order valence-electron chi connectivity index (χ3n) is 12.5. The number of amides is 4. The number of hydrogen-bond acceptors (Lipinski definition) is 10. The van der Waals surface area contributed by atoms with Crippen molar-refractivity contribution in [1.29, 1.82) is 5.26 Å². The van der Waals surface area contributed by atoms with Gasteiger partial charge in [-0.1, -0.05) is 11.6 Å². The van der Waals surface area contributed by atoms with Gasteiger partial charge < -0.3 is 20.0 Å². The minimum Gasteiger partial charge on any atom is -0.368 e. The van der Waals surface area contributed by atoms with E-state index < -0.39 is 23.7 Å². The summed E-state index contributed by atoms with van der Waals surface area (Å²) in [5, 5.41) is 15.8. The highest BCUT2D eigenvalue weighted by Crippen LogP contribution is 2.45. The SMILES string of the molecule is CC1CC2(CCN(C(=O)c3ccc(SC4CCN(C5CN(c6ccc(C(=O)NC7CCC(=O)NC7=O)c(F)c6)C5)CC4)nc3)CC2)CN1c1ccc(C#N)c(Cl)c1. The molecular weight excluding hydrogens is 767 g/mol. The minimum absolute atomic E-state index is 0.0347. The molecule has 0 aliphatic carbocycles. The van der Waals surface area contributed by atoms with Crippen molar-refractivity contribution in [2.24, 2.45) is 5.41 Å². The van der Waals surface area contributed by atoms with Gasteiger partial charge in [-0.25, -0.2) is 9.37 Å². The number of pyridine rings is 1. The van der Waals surface area contributed by atoms with Gasteiger partial charge in [-0.2, -0.15) is 5.26 Å². The normalized spacial score (nSPS) is 22.9. The molecule has 298 valence electrons. The van der Waals surface area contributed by atoms with Crippen LogP contribution in [0.5, 0.6) is 0 Å². The summed E-state index contributed by atoms with van der Waals surface area (Å²) in [7, 11) is 0. The third kappa shape index (κ3) is 8.33. The highest BCUT2D eigenvalue weighted by Gasteiger charge is 2.45. The fraction of sp³-hybridized carbons (Fsp3) is 0.476. The summed E-state index contributed by atoms with van der Waals surface area (Å²) in [4.78, 5) is 63.2. The molecule has 15 heteroatoms. The molecule has 5 aliphatic heterocycles. The van der Waals surface area contributed by atoms with Crippen LogP contribution in [0.25, 0.3) is 0 Å². The van der Waals surface area contributed by atoms with Gasteiger partial charge in [0, 0.05) is 74.0 Å². The highest BCUT2D eigenvalue weighted by atomic mass is 35.5. The standard InChI is InChI=1S/C42H46ClFN8O4S/c1-26-20-42(25-52(26)30-4-2-27(21-45)34(43)18-30)12-16-50(17-13-42)41(56)28-3-9-38(46-22-28)57-32-10-14-49(15-11-32)31-23-51(24-31)29-5-6-33(35(44)19-29)39(54)47-36-7-8-37(53)48-40(36)55/h2-6,9,18-19,22,26,31-32,36H,7-8,10-17,20,23-25H2,1H3,(H,47,54)(H,48,53,55). The molecule has 3 aromatic rings. The average molecular weight is 813 g/mol. The van der Waals surface area contributed by atoms with Crippen molar-refractivity contribution in [2.45, 2.75) is 80.3 Å². The summed E-state index contributed by atoms with van der Waals surface area (Å²) < 4.78 is 15.0. The largest absolute Gasteiger partial charge is 0.368 e. The van der Waals surface area contributed by atoms with E-state index in [2.05, 4.69) is 43.3 Å². The molecular formula is C42H46ClFN8O4S. The number of nitrogens with one attached hydrogen (secondary N) is 2. The predicted octanol–water partition coefficient (Wildman–Crippen LogP) is 5.25. The number of carbonyl (C=O) groups excluding carboxylic acids is 4. The van der Waals surface area contributed by atoms with E-state index in [1.54, 1.807) is 30.1 Å². The molecule has 2 N–H and O–H groups in total. The first kappa shape index (κ1) is 39.1. The summed E-state index contributed by atoms with van der Waals surface area (Å²) in [6, 6.07) is 16.1. The Balaban J connectivity index is 0.759. The number of thioether (sulfide) groups is 1. The number of aromatic nitrogens is 1. The summed E-state index contributed by atoms with van der Waals surface area (Å²) in [5.41, 5.74) is 2.88. The Morgan fingerprint density at radius 3 is 2.44 bits per heavy atom. The van der Waals surface area contributed by atoms with E-state index in [0.29, 0.717) is 39.2 Å². The van der Waals surface area contributed by atoms with Crippen molar-refractivity contribution in [1.82, 2.24) is 25.4 Å². The molecule has 5 aliphatic rings. The lowest BCUT2D eigenvalue weighted by Crippen LogP contribution is -2.61. The van der Waals surface area contributed by atoms with Crippen LogP contribution in [-0.2, 0) is 9.59 Å². The van der Waals surface area contributed by atoms with E-state index in [1.807, 2.05) is 29.2 Å². The summed E-state index contributed by atoms with van der Waals surface area (Å²) in [6.45, 7) is 8.08. The zero-order chi connectivity index (χ0) is 39.8. The first-order chi connectivity index (χ1) is 27.5. The molecule has 0 bridgehead atoms. The minimum atomic E-state index is -0.862. The van der Waals surface area contributed by atoms with Crippen molar-refractivity contribution >= 4 is 58.4 Å². The molecule has 4 amide bonds. The number of anilines is 2. The second kappa shape index (κ2) is 16.3. The number of nitrogens with zero attached hydrogens (tertiary/aromatic N) is 6. The first-order valence-corrected chi connectivity index (χ1v) is 21.0. The van der Waals surface area contributed by atoms with E-state index in [-0.39, 0.29) is 35.6 Å². The summed E-state index contributed by atoms with van der Waals surface area (Å²) in [5.74, 6) is -2.25. The number of nitriles is 1. The molecule has 5 saturated heterocycles. The third-order valence-corrected chi connectivity index (χ3v) is 14.1. The molecule has 12 nitrogen and oxygen atoms in total. The Kier molecular flexibility index (Phi) is 11.2. The van der Waals surface area contributed by atoms with Gasteiger partial charge >= 0.3 is 0 Å². The van der Waals surface area contributed by atoms with E-state index in [0.717, 1.165) is 88.6 Å². The lowest BCUT2D eigenvalue weighted by Gasteiger charge is -2.48. The van der Waals surface area contributed by atoms with Gasteiger partial charge in [0.1, 0.15) is 17.9 Å². The Morgan fingerprint density at radius 1 is 1.02 bits per heavy atom. The fourth-order valence-corrected chi connectivity index (χ4v) is 10.4. The highest BCUT2D eigenvalue weighted by molar-refractivity contribution is 7.99. The van der Waals surface area contributed by atoms with Crippen LogP contribution < -0.4 is 20.4 Å². The van der Waals surface area contributed by atoms with Gasteiger partial charge in [-0.15, -0.1) is 11.8 Å². The summed E-state index contributed by atoms with van der Waals surface area (Å²) >= 11 is 8.12. The lowest BCUT2D eigenvalue weighted by atomic mass is 9.76. The maximum absolute atomic E-state index is 15.0. The molecule has 0 saturated carbocycles. The number of benzene rings is 2. The van der Waals surface area contributed by atoms with Crippen molar-refractivity contribution in [3.05, 3.63) is 82.3 Å². The Labute approximate surface area is 341 Å². The van der Waals surface area contributed by atoms with Crippen LogP contribution in [0.4, 0.5) is 15.8 Å². The number of imide groups is 1. The zero-order valence-corrected chi connectivity index (χ0v) is 33.5. The van der Waals surface area contributed by atoms with Crippen LogP contribution in [-0.4, -0.2) is 108 Å². The van der Waals surface area contributed by atoms with Gasteiger partial charge in [-0.3, -0.25) is 29.4 Å². The van der Waals surface area contributed by atoms with Crippen molar-refractivity contribution in [3.8, 4) is 6.07 Å². The Hall–Kier alpha value is -4.71. The number of likely N-dealkylation sites (tertiary alicyclic amines) is 2. The van der Waals surface area contributed by atoms with Crippen LogP contribution in [0.1, 0.15) is 78.1 Å². The molecule has 2 atom stereocenters. The van der Waals surface area contributed by atoms with Gasteiger partial charge in [0.25, 0.3) is 11.8 Å². The molecule has 57 heavy (non-hydrogen) atoms. The van der Waals surface area contributed by atoms with Gasteiger partial charge in [0.05, 0.1) is 26.7 Å². The Morgan fingerprint density at radius 2 is 1.77 bits per heavy atom. The number of piperidine rings is 3. The summed E-state index contributed by atoms with van der Waals surface area (Å²) in [6.07, 6.45) is 7.05. The second-order valence-electron chi connectivity index (χ2n) is 16.2. The topological polar surface area (TPSA) is 142 Å². The molecule has 8 rings (SSSR count). The monoisotopic (exact) mass is 812 g/mol. The number of rotatable bonds is 8. The predicted molar refractivity (Wildman–Crippen MR) is 216 cm³/mol. The average Bonchev–Trinajstić information content (AvgIpc) is 3.51. The molecule has 1 spiro atoms. The zero-order valence-electron chi connectivity index (χ0n) is 31.9. The molecule has 0 radical (unpaired) electrons. The smallest absolute Gasteiger partial charge is 0.255 e. The Bertz CT molecular complexity index is 2090. The van der Waals surface area contributed by atoms with E-state index in [1.165, 1.54) is 12.1 Å². The van der Waals surface area contributed by atoms with Crippen LogP contribution in [0, 0.1) is 22.6 Å². The van der Waals surface area contributed by atoms with Crippen LogP contribution >= 0.6 is 23.4 Å². The van der Waals surface area contributed by atoms with Crippen molar-refractivity contribution in [3.63, 3.8) is 0 Å². The molecule has 2 aromatic carbocycles. The van der Waals surface area contributed by atoms with Crippen molar-refractivity contribution < 1.29 is 23.6 Å². The molecule has 1 aromatic heterocycles. The lowest BCUT2D eigenvalue weighted by molar-refractivity contribution is -0.134. The maximum atomic E-state index is 15.0. The molecule has 6 heterocycles. The van der Waals surface area contributed by atoms with Crippen LogP contribution in [0.2, 0.25) is 5.02 Å². The fourth-order valence-electron chi connectivity index (χ4n) is 9.12.